The average Bonchev–Trinajstić information content (AvgIpc) is 2.38. The zero-order valence-corrected chi connectivity index (χ0v) is 13.1. The summed E-state index contributed by atoms with van der Waals surface area (Å²) in [7, 11) is 2.14. The van der Waals surface area contributed by atoms with Crippen molar-refractivity contribution in [2.24, 2.45) is 0 Å². The van der Waals surface area contributed by atoms with Crippen molar-refractivity contribution in [1.29, 1.82) is 0 Å². The number of halogens is 1. The minimum absolute atomic E-state index is 0.167. The lowest BCUT2D eigenvalue weighted by molar-refractivity contribution is 0.0542. The Hall–Kier alpha value is -0.620. The van der Waals surface area contributed by atoms with Crippen molar-refractivity contribution in [1.82, 2.24) is 9.80 Å². The molecule has 1 amide bonds. The Labute approximate surface area is 122 Å². The van der Waals surface area contributed by atoms with Crippen LogP contribution in [0.25, 0.3) is 0 Å². The number of benzene rings is 1. The van der Waals surface area contributed by atoms with Gasteiger partial charge in [-0.25, -0.2) is 0 Å². The Morgan fingerprint density at radius 3 is 2.89 bits per heavy atom. The number of piperazine rings is 1. The van der Waals surface area contributed by atoms with Gasteiger partial charge in [-0.2, -0.15) is 0 Å². The number of amides is 1. The Morgan fingerprint density at radius 1 is 1.44 bits per heavy atom. The lowest BCUT2D eigenvalue weighted by Gasteiger charge is -2.39. The minimum Gasteiger partial charge on any atom is -0.336 e. The molecule has 0 N–H and O–H groups in total. The van der Waals surface area contributed by atoms with Crippen molar-refractivity contribution in [2.45, 2.75) is 19.4 Å². The molecule has 98 valence electrons. The number of carbonyl (C=O) groups is 1. The SMILES string of the molecule is CCC1CN(C(=O)c2cccc(I)c2)CCN1C. The van der Waals surface area contributed by atoms with Gasteiger partial charge in [-0.15, -0.1) is 0 Å². The van der Waals surface area contributed by atoms with E-state index in [1.165, 1.54) is 0 Å². The van der Waals surface area contributed by atoms with Gasteiger partial charge < -0.3 is 4.90 Å². The van der Waals surface area contributed by atoms with Gasteiger partial charge in [-0.1, -0.05) is 13.0 Å². The third-order valence-corrected chi connectivity index (χ3v) is 4.28. The molecule has 1 aromatic carbocycles. The molecule has 3 nitrogen and oxygen atoms in total. The first-order valence-corrected chi connectivity index (χ1v) is 7.44. The number of carbonyl (C=O) groups excluding carboxylic acids is 1. The molecule has 1 aliphatic rings. The van der Waals surface area contributed by atoms with Crippen molar-refractivity contribution in [3.8, 4) is 0 Å². The molecule has 1 heterocycles. The number of nitrogens with zero attached hydrogens (tertiary/aromatic N) is 2. The lowest BCUT2D eigenvalue weighted by Crippen LogP contribution is -2.52. The second kappa shape index (κ2) is 6.02. The minimum atomic E-state index is 0.167. The van der Waals surface area contributed by atoms with Gasteiger partial charge in [0.05, 0.1) is 0 Å². The zero-order valence-electron chi connectivity index (χ0n) is 10.9. The van der Waals surface area contributed by atoms with Crippen LogP contribution < -0.4 is 0 Å². The first-order valence-electron chi connectivity index (χ1n) is 6.37. The Kier molecular flexibility index (Phi) is 4.61. The number of hydrogen-bond acceptors (Lipinski definition) is 2. The molecule has 0 bridgehead atoms. The monoisotopic (exact) mass is 358 g/mol. The maximum absolute atomic E-state index is 12.4. The van der Waals surface area contributed by atoms with Crippen molar-refractivity contribution < 1.29 is 4.79 Å². The number of rotatable bonds is 2. The molecule has 1 saturated heterocycles. The van der Waals surface area contributed by atoms with Gasteiger partial charge in [0.15, 0.2) is 0 Å². The first kappa shape index (κ1) is 13.8. The molecule has 1 unspecified atom stereocenters. The van der Waals surface area contributed by atoms with Crippen LogP contribution in [0.1, 0.15) is 23.7 Å². The molecule has 2 rings (SSSR count). The second-order valence-corrected chi connectivity index (χ2v) is 6.05. The van der Waals surface area contributed by atoms with E-state index in [0.29, 0.717) is 6.04 Å². The van der Waals surface area contributed by atoms with Crippen LogP contribution in [0.4, 0.5) is 0 Å². The summed E-state index contributed by atoms with van der Waals surface area (Å²) >= 11 is 2.25. The lowest BCUT2D eigenvalue weighted by atomic mass is 10.1. The van der Waals surface area contributed by atoms with Gasteiger partial charge in [0, 0.05) is 34.8 Å². The van der Waals surface area contributed by atoms with Gasteiger partial charge >= 0.3 is 0 Å². The van der Waals surface area contributed by atoms with E-state index in [4.69, 9.17) is 0 Å². The third kappa shape index (κ3) is 3.03. The highest BCUT2D eigenvalue weighted by atomic mass is 127. The zero-order chi connectivity index (χ0) is 13.1. The van der Waals surface area contributed by atoms with Crippen molar-refractivity contribution in [3.63, 3.8) is 0 Å². The number of likely N-dealkylation sites (N-methyl/N-ethyl adjacent to an activating group) is 1. The Morgan fingerprint density at radius 2 is 2.22 bits per heavy atom. The van der Waals surface area contributed by atoms with E-state index in [2.05, 4.69) is 41.5 Å². The van der Waals surface area contributed by atoms with Gasteiger partial charge in [0.25, 0.3) is 5.91 Å². The summed E-state index contributed by atoms with van der Waals surface area (Å²) < 4.78 is 1.11. The second-order valence-electron chi connectivity index (χ2n) is 4.80. The van der Waals surface area contributed by atoms with E-state index < -0.39 is 0 Å². The first-order chi connectivity index (χ1) is 8.61. The average molecular weight is 358 g/mol. The molecule has 1 fully saturated rings. The van der Waals surface area contributed by atoms with Gasteiger partial charge in [0.1, 0.15) is 0 Å². The van der Waals surface area contributed by atoms with Gasteiger partial charge in [-0.3, -0.25) is 9.69 Å². The van der Waals surface area contributed by atoms with Crippen LogP contribution in [-0.4, -0.2) is 48.4 Å². The quantitative estimate of drug-likeness (QED) is 0.759. The van der Waals surface area contributed by atoms with Crippen LogP contribution in [0.2, 0.25) is 0 Å². The van der Waals surface area contributed by atoms with Crippen molar-refractivity contribution in [2.75, 3.05) is 26.7 Å². The molecular weight excluding hydrogens is 339 g/mol. The molecule has 18 heavy (non-hydrogen) atoms. The van der Waals surface area contributed by atoms with E-state index in [-0.39, 0.29) is 5.91 Å². The fourth-order valence-electron chi connectivity index (χ4n) is 2.38. The highest BCUT2D eigenvalue weighted by Crippen LogP contribution is 2.15. The smallest absolute Gasteiger partial charge is 0.253 e. The maximum atomic E-state index is 12.4. The predicted octanol–water partition coefficient (Wildman–Crippen LogP) is 2.46. The molecular formula is C14H19IN2O. The summed E-state index contributed by atoms with van der Waals surface area (Å²) in [5, 5.41) is 0. The molecule has 0 radical (unpaired) electrons. The van der Waals surface area contributed by atoms with Gasteiger partial charge in [-0.05, 0) is 54.3 Å². The molecule has 1 aromatic rings. The molecule has 0 aliphatic carbocycles. The Balaban J connectivity index is 2.10. The maximum Gasteiger partial charge on any atom is 0.253 e. The highest BCUT2D eigenvalue weighted by molar-refractivity contribution is 14.1. The van der Waals surface area contributed by atoms with Crippen LogP contribution in [0.3, 0.4) is 0 Å². The van der Waals surface area contributed by atoms with E-state index in [1.807, 2.05) is 29.2 Å². The van der Waals surface area contributed by atoms with Gasteiger partial charge in [0.2, 0.25) is 0 Å². The van der Waals surface area contributed by atoms with E-state index in [9.17, 15) is 4.79 Å². The van der Waals surface area contributed by atoms with E-state index >= 15 is 0 Å². The molecule has 0 aromatic heterocycles. The molecule has 4 heteroatoms. The third-order valence-electron chi connectivity index (χ3n) is 3.61. The fourth-order valence-corrected chi connectivity index (χ4v) is 2.92. The summed E-state index contributed by atoms with van der Waals surface area (Å²) in [6.45, 7) is 4.82. The van der Waals surface area contributed by atoms with Crippen molar-refractivity contribution >= 4 is 28.5 Å². The predicted molar refractivity (Wildman–Crippen MR) is 81.8 cm³/mol. The summed E-state index contributed by atoms with van der Waals surface area (Å²) in [4.78, 5) is 16.8. The molecule has 1 aliphatic heterocycles. The highest BCUT2D eigenvalue weighted by Gasteiger charge is 2.26. The van der Waals surface area contributed by atoms with Crippen LogP contribution in [0, 0.1) is 3.57 Å². The largest absolute Gasteiger partial charge is 0.336 e. The van der Waals surface area contributed by atoms with E-state index in [1.54, 1.807) is 0 Å². The van der Waals surface area contributed by atoms with Crippen LogP contribution in [0.5, 0.6) is 0 Å². The van der Waals surface area contributed by atoms with Crippen LogP contribution >= 0.6 is 22.6 Å². The standard InChI is InChI=1S/C14H19IN2O/c1-3-13-10-17(8-7-16(13)2)14(18)11-5-4-6-12(15)9-11/h4-6,9,13H,3,7-8,10H2,1-2H3. The van der Waals surface area contributed by atoms with Crippen LogP contribution in [0.15, 0.2) is 24.3 Å². The fraction of sp³-hybridized carbons (Fsp3) is 0.500. The topological polar surface area (TPSA) is 23.6 Å². The van der Waals surface area contributed by atoms with Crippen molar-refractivity contribution in [3.05, 3.63) is 33.4 Å². The molecule has 0 spiro atoms. The summed E-state index contributed by atoms with van der Waals surface area (Å²) in [6, 6.07) is 8.32. The Bertz CT molecular complexity index is 436. The molecule has 1 atom stereocenters. The normalized spacial score (nSPS) is 21.1. The summed E-state index contributed by atoms with van der Waals surface area (Å²) in [5.41, 5.74) is 0.807. The number of hydrogen-bond donors (Lipinski definition) is 0. The van der Waals surface area contributed by atoms with Crippen LogP contribution in [-0.2, 0) is 0 Å². The molecule has 0 saturated carbocycles. The summed E-state index contributed by atoms with van der Waals surface area (Å²) in [5.74, 6) is 0.167. The summed E-state index contributed by atoms with van der Waals surface area (Å²) in [6.07, 6.45) is 1.09. The van der Waals surface area contributed by atoms with E-state index in [0.717, 1.165) is 35.2 Å².